The topological polar surface area (TPSA) is 23.8 Å². The van der Waals surface area contributed by atoms with Crippen LogP contribution in [-0.2, 0) is 6.42 Å². The molecule has 0 radical (unpaired) electrons. The first-order valence-corrected chi connectivity index (χ1v) is 7.30. The van der Waals surface area contributed by atoms with Crippen LogP contribution in [0.1, 0.15) is 11.1 Å². The van der Waals surface area contributed by atoms with Crippen LogP contribution in [0.15, 0.2) is 53.4 Å². The van der Waals surface area contributed by atoms with Crippen molar-refractivity contribution in [3.8, 4) is 6.07 Å². The summed E-state index contributed by atoms with van der Waals surface area (Å²) in [7, 11) is 0. The van der Waals surface area contributed by atoms with E-state index in [1.807, 2.05) is 24.3 Å². The molecule has 1 unspecified atom stereocenters. The van der Waals surface area contributed by atoms with E-state index >= 15 is 0 Å². The first kappa shape index (κ1) is 14.0. The van der Waals surface area contributed by atoms with Crippen LogP contribution in [0.25, 0.3) is 0 Å². The first-order valence-electron chi connectivity index (χ1n) is 6.05. The Morgan fingerprint density at radius 2 is 1.74 bits per heavy atom. The summed E-state index contributed by atoms with van der Waals surface area (Å²) in [5.41, 5.74) is 2.43. The molecule has 0 bridgehead atoms. The Balaban J connectivity index is 2.03. The van der Waals surface area contributed by atoms with Crippen molar-refractivity contribution < 1.29 is 0 Å². The van der Waals surface area contributed by atoms with Gasteiger partial charge in [-0.25, -0.2) is 0 Å². The smallest absolute Gasteiger partial charge is 0.100 e. The standard InChI is InChI=1S/C16H14ClNS/c1-12-2-4-13(5-3-12)10-16(11-18)19-15-8-6-14(17)7-9-15/h2-9,16H,10H2,1H3. The average Bonchev–Trinajstić information content (AvgIpc) is 2.43. The Morgan fingerprint density at radius 1 is 1.11 bits per heavy atom. The second kappa shape index (κ2) is 6.65. The van der Waals surface area contributed by atoms with Gasteiger partial charge in [0.25, 0.3) is 0 Å². The molecule has 0 N–H and O–H groups in total. The molecule has 19 heavy (non-hydrogen) atoms. The lowest BCUT2D eigenvalue weighted by Gasteiger charge is -2.09. The van der Waals surface area contributed by atoms with Crippen LogP contribution < -0.4 is 0 Å². The lowest BCUT2D eigenvalue weighted by atomic mass is 10.1. The number of benzene rings is 2. The average molecular weight is 288 g/mol. The summed E-state index contributed by atoms with van der Waals surface area (Å²) in [5, 5.41) is 9.90. The molecule has 0 heterocycles. The van der Waals surface area contributed by atoms with Crippen LogP contribution in [0.2, 0.25) is 5.02 Å². The van der Waals surface area contributed by atoms with Gasteiger partial charge in [0.2, 0.25) is 0 Å². The van der Waals surface area contributed by atoms with Crippen molar-refractivity contribution >= 4 is 23.4 Å². The molecule has 0 amide bonds. The van der Waals surface area contributed by atoms with E-state index in [4.69, 9.17) is 11.6 Å². The van der Waals surface area contributed by atoms with E-state index in [-0.39, 0.29) is 5.25 Å². The van der Waals surface area contributed by atoms with Gasteiger partial charge in [-0.2, -0.15) is 5.26 Å². The fraction of sp³-hybridized carbons (Fsp3) is 0.188. The van der Waals surface area contributed by atoms with E-state index in [0.717, 1.165) is 16.3 Å². The molecule has 0 aliphatic carbocycles. The van der Waals surface area contributed by atoms with Crippen molar-refractivity contribution in [2.24, 2.45) is 0 Å². The maximum absolute atomic E-state index is 9.26. The number of hydrogen-bond acceptors (Lipinski definition) is 2. The predicted octanol–water partition coefficient (Wildman–Crippen LogP) is 4.88. The number of hydrogen-bond donors (Lipinski definition) is 0. The molecule has 2 rings (SSSR count). The van der Waals surface area contributed by atoms with Gasteiger partial charge in [0, 0.05) is 9.92 Å². The molecule has 0 saturated heterocycles. The summed E-state index contributed by atoms with van der Waals surface area (Å²) in [6.45, 7) is 2.06. The molecule has 2 aromatic carbocycles. The number of rotatable bonds is 4. The minimum atomic E-state index is -0.0797. The molecule has 3 heteroatoms. The molecule has 0 saturated carbocycles. The Kier molecular flexibility index (Phi) is 4.90. The second-order valence-corrected chi connectivity index (χ2v) is 6.09. The van der Waals surface area contributed by atoms with Crippen molar-refractivity contribution in [1.82, 2.24) is 0 Å². The van der Waals surface area contributed by atoms with Gasteiger partial charge >= 0.3 is 0 Å². The number of halogens is 1. The molecular formula is C16H14ClNS. The van der Waals surface area contributed by atoms with Gasteiger partial charge in [-0.05, 0) is 43.2 Å². The summed E-state index contributed by atoms with van der Waals surface area (Å²) in [5.74, 6) is 0. The van der Waals surface area contributed by atoms with E-state index < -0.39 is 0 Å². The zero-order chi connectivity index (χ0) is 13.7. The van der Waals surface area contributed by atoms with E-state index in [0.29, 0.717) is 0 Å². The molecule has 96 valence electrons. The number of aryl methyl sites for hydroxylation is 1. The van der Waals surface area contributed by atoms with Crippen LogP contribution in [0.5, 0.6) is 0 Å². The summed E-state index contributed by atoms with van der Waals surface area (Å²) in [6, 6.07) is 18.3. The van der Waals surface area contributed by atoms with E-state index in [1.165, 1.54) is 11.1 Å². The maximum atomic E-state index is 9.26. The van der Waals surface area contributed by atoms with Crippen LogP contribution >= 0.6 is 23.4 Å². The second-order valence-electron chi connectivity index (χ2n) is 4.38. The Morgan fingerprint density at radius 3 is 2.32 bits per heavy atom. The fourth-order valence-corrected chi connectivity index (χ4v) is 2.81. The fourth-order valence-electron chi connectivity index (χ4n) is 1.73. The van der Waals surface area contributed by atoms with Gasteiger partial charge in [0.05, 0.1) is 6.07 Å². The number of nitriles is 1. The van der Waals surface area contributed by atoms with E-state index in [1.54, 1.807) is 11.8 Å². The highest BCUT2D eigenvalue weighted by molar-refractivity contribution is 8.00. The highest BCUT2D eigenvalue weighted by atomic mass is 35.5. The Bertz CT molecular complexity index is 522. The lowest BCUT2D eigenvalue weighted by Crippen LogP contribution is -2.03. The Labute approximate surface area is 123 Å². The number of thioether (sulfide) groups is 1. The van der Waals surface area contributed by atoms with Crippen LogP contribution in [-0.4, -0.2) is 5.25 Å². The third-order valence-corrected chi connectivity index (χ3v) is 4.13. The molecule has 0 aromatic heterocycles. The molecule has 0 aliphatic rings. The molecule has 0 fully saturated rings. The molecule has 1 atom stereocenters. The van der Waals surface area contributed by atoms with Crippen molar-refractivity contribution in [3.05, 3.63) is 64.7 Å². The van der Waals surface area contributed by atoms with Crippen molar-refractivity contribution in [1.29, 1.82) is 5.26 Å². The summed E-state index contributed by atoms with van der Waals surface area (Å²) in [4.78, 5) is 1.07. The Hall–Kier alpha value is -1.43. The van der Waals surface area contributed by atoms with E-state index in [9.17, 15) is 5.26 Å². The zero-order valence-electron chi connectivity index (χ0n) is 10.6. The van der Waals surface area contributed by atoms with Gasteiger partial charge in [-0.1, -0.05) is 41.4 Å². The summed E-state index contributed by atoms with van der Waals surface area (Å²) < 4.78 is 0. The monoisotopic (exact) mass is 287 g/mol. The van der Waals surface area contributed by atoms with Crippen molar-refractivity contribution in [2.45, 2.75) is 23.5 Å². The molecule has 0 aliphatic heterocycles. The molecule has 0 spiro atoms. The highest BCUT2D eigenvalue weighted by Crippen LogP contribution is 2.26. The minimum absolute atomic E-state index is 0.0797. The van der Waals surface area contributed by atoms with Gasteiger partial charge in [-0.15, -0.1) is 11.8 Å². The third-order valence-electron chi connectivity index (χ3n) is 2.78. The predicted molar refractivity (Wildman–Crippen MR) is 81.6 cm³/mol. The zero-order valence-corrected chi connectivity index (χ0v) is 12.2. The first-order chi connectivity index (χ1) is 9.17. The summed E-state index contributed by atoms with van der Waals surface area (Å²) >= 11 is 7.43. The minimum Gasteiger partial charge on any atom is -0.197 e. The quantitative estimate of drug-likeness (QED) is 0.749. The van der Waals surface area contributed by atoms with Crippen LogP contribution in [0.3, 0.4) is 0 Å². The maximum Gasteiger partial charge on any atom is 0.100 e. The van der Waals surface area contributed by atoms with Crippen molar-refractivity contribution in [2.75, 3.05) is 0 Å². The van der Waals surface area contributed by atoms with Gasteiger partial charge in [0.15, 0.2) is 0 Å². The van der Waals surface area contributed by atoms with E-state index in [2.05, 4.69) is 37.3 Å². The van der Waals surface area contributed by atoms with Gasteiger partial charge in [0.1, 0.15) is 5.25 Å². The van der Waals surface area contributed by atoms with Crippen molar-refractivity contribution in [3.63, 3.8) is 0 Å². The highest BCUT2D eigenvalue weighted by Gasteiger charge is 2.10. The summed E-state index contributed by atoms with van der Waals surface area (Å²) in [6.07, 6.45) is 0.754. The van der Waals surface area contributed by atoms with Gasteiger partial charge in [-0.3, -0.25) is 0 Å². The van der Waals surface area contributed by atoms with Crippen LogP contribution in [0, 0.1) is 18.3 Å². The van der Waals surface area contributed by atoms with Crippen LogP contribution in [0.4, 0.5) is 0 Å². The van der Waals surface area contributed by atoms with Gasteiger partial charge < -0.3 is 0 Å². The molecule has 2 aromatic rings. The molecule has 1 nitrogen and oxygen atoms in total. The SMILES string of the molecule is Cc1ccc(CC(C#N)Sc2ccc(Cl)cc2)cc1. The number of nitrogens with zero attached hydrogens (tertiary/aromatic N) is 1. The molecular weight excluding hydrogens is 274 g/mol. The lowest BCUT2D eigenvalue weighted by molar-refractivity contribution is 1.03. The largest absolute Gasteiger partial charge is 0.197 e. The third kappa shape index (κ3) is 4.31. The normalized spacial score (nSPS) is 11.8.